The van der Waals surface area contributed by atoms with E-state index in [1.807, 2.05) is 12.1 Å². The van der Waals surface area contributed by atoms with Gasteiger partial charge in [-0.2, -0.15) is 9.97 Å². The number of methoxy groups -OCH3 is 2. The summed E-state index contributed by atoms with van der Waals surface area (Å²) in [5, 5.41) is 0. The second-order valence-electron chi connectivity index (χ2n) is 4.40. The molecule has 1 atom stereocenters. The number of aromatic nitrogens is 2. The smallest absolute Gasteiger partial charge is 0.324 e. The fraction of sp³-hybridized carbons (Fsp3) is 0.267. The molecule has 0 aliphatic rings. The van der Waals surface area contributed by atoms with Gasteiger partial charge in [-0.25, -0.2) is 0 Å². The Kier molecular flexibility index (Phi) is 5.32. The Labute approximate surface area is 136 Å². The van der Waals surface area contributed by atoms with Gasteiger partial charge < -0.3 is 14.2 Å². The van der Waals surface area contributed by atoms with Crippen LogP contribution in [0.4, 0.5) is 0 Å². The molecule has 0 radical (unpaired) electrons. The van der Waals surface area contributed by atoms with Crippen LogP contribution in [0, 0.1) is 0 Å². The van der Waals surface area contributed by atoms with E-state index >= 15 is 0 Å². The summed E-state index contributed by atoms with van der Waals surface area (Å²) in [6.45, 7) is 1.45. The first-order chi connectivity index (χ1) is 10.5. The average Bonchev–Trinajstić information content (AvgIpc) is 2.53. The van der Waals surface area contributed by atoms with Crippen molar-refractivity contribution in [2.24, 2.45) is 0 Å². The van der Waals surface area contributed by atoms with Crippen LogP contribution in [0.5, 0.6) is 17.8 Å². The normalized spacial score (nSPS) is 11.6. The van der Waals surface area contributed by atoms with Crippen LogP contribution in [-0.4, -0.2) is 30.0 Å². The van der Waals surface area contributed by atoms with Crippen LogP contribution in [0.1, 0.15) is 18.6 Å². The number of hydrogen-bond donors (Lipinski definition) is 0. The first-order valence-electron chi connectivity index (χ1n) is 6.43. The molecule has 2 rings (SSSR count). The molecule has 0 N–H and O–H groups in total. The molecule has 1 aromatic carbocycles. The van der Waals surface area contributed by atoms with Crippen LogP contribution in [-0.2, 0) is 4.79 Å². The second kappa shape index (κ2) is 7.22. The van der Waals surface area contributed by atoms with Gasteiger partial charge in [0.2, 0.25) is 11.8 Å². The standard InChI is InChI=1S/C15H15BrN2O4/c1-9(19)14(10-4-6-11(16)7-5-10)22-15-17-12(20-2)8-13(18-15)21-3/h4-8,14H,1-3H3. The number of benzene rings is 1. The Morgan fingerprint density at radius 3 is 2.09 bits per heavy atom. The Bertz CT molecular complexity index is 639. The van der Waals surface area contributed by atoms with Gasteiger partial charge in [-0.3, -0.25) is 4.79 Å². The van der Waals surface area contributed by atoms with Crippen molar-refractivity contribution < 1.29 is 19.0 Å². The molecule has 0 saturated carbocycles. The maximum atomic E-state index is 11.9. The summed E-state index contributed by atoms with van der Waals surface area (Å²) in [7, 11) is 2.95. The molecule has 0 aliphatic heterocycles. The van der Waals surface area contributed by atoms with Gasteiger partial charge in [0.15, 0.2) is 11.9 Å². The number of halogens is 1. The fourth-order valence-electron chi connectivity index (χ4n) is 1.77. The fourth-order valence-corrected chi connectivity index (χ4v) is 2.04. The molecule has 116 valence electrons. The maximum absolute atomic E-state index is 11.9. The number of rotatable bonds is 6. The van der Waals surface area contributed by atoms with E-state index < -0.39 is 6.10 Å². The summed E-state index contributed by atoms with van der Waals surface area (Å²) in [6.07, 6.45) is -0.801. The third-order valence-corrected chi connectivity index (χ3v) is 3.37. The summed E-state index contributed by atoms with van der Waals surface area (Å²) >= 11 is 3.35. The van der Waals surface area contributed by atoms with E-state index in [0.29, 0.717) is 17.3 Å². The molecule has 7 heteroatoms. The van der Waals surface area contributed by atoms with Crippen LogP contribution in [0.3, 0.4) is 0 Å². The highest BCUT2D eigenvalue weighted by Gasteiger charge is 2.21. The number of Topliss-reactive ketones (excluding diaryl/α,β-unsaturated/α-hetero) is 1. The molecule has 1 unspecified atom stereocenters. The molecule has 1 aromatic heterocycles. The van der Waals surface area contributed by atoms with Crippen LogP contribution in [0.15, 0.2) is 34.8 Å². The van der Waals surface area contributed by atoms with Crippen molar-refractivity contribution in [2.75, 3.05) is 14.2 Å². The molecule has 0 amide bonds. The van der Waals surface area contributed by atoms with E-state index in [2.05, 4.69) is 25.9 Å². The Hall–Kier alpha value is -2.15. The minimum atomic E-state index is -0.801. The summed E-state index contributed by atoms with van der Waals surface area (Å²) in [4.78, 5) is 20.0. The zero-order valence-electron chi connectivity index (χ0n) is 12.4. The van der Waals surface area contributed by atoms with Gasteiger partial charge >= 0.3 is 6.01 Å². The third-order valence-electron chi connectivity index (χ3n) is 2.84. The monoisotopic (exact) mass is 366 g/mol. The van der Waals surface area contributed by atoms with Crippen molar-refractivity contribution in [1.82, 2.24) is 9.97 Å². The minimum Gasteiger partial charge on any atom is -0.481 e. The molecular formula is C15H15BrN2O4. The molecule has 0 aliphatic carbocycles. The Morgan fingerprint density at radius 1 is 1.09 bits per heavy atom. The number of ether oxygens (including phenoxy) is 3. The van der Waals surface area contributed by atoms with E-state index in [9.17, 15) is 4.79 Å². The van der Waals surface area contributed by atoms with Crippen LogP contribution < -0.4 is 14.2 Å². The number of hydrogen-bond acceptors (Lipinski definition) is 6. The number of ketones is 1. The van der Waals surface area contributed by atoms with Crippen molar-refractivity contribution in [3.05, 3.63) is 40.4 Å². The predicted molar refractivity (Wildman–Crippen MR) is 83.3 cm³/mol. The highest BCUT2D eigenvalue weighted by Crippen LogP contribution is 2.25. The van der Waals surface area contributed by atoms with E-state index in [0.717, 1.165) is 4.47 Å². The van der Waals surface area contributed by atoms with Gasteiger partial charge in [0, 0.05) is 10.0 Å². The van der Waals surface area contributed by atoms with Crippen molar-refractivity contribution >= 4 is 21.7 Å². The van der Waals surface area contributed by atoms with E-state index in [-0.39, 0.29) is 11.8 Å². The van der Waals surface area contributed by atoms with Crippen LogP contribution in [0.25, 0.3) is 0 Å². The molecule has 0 fully saturated rings. The van der Waals surface area contributed by atoms with Gasteiger partial charge in [0.05, 0.1) is 20.3 Å². The van der Waals surface area contributed by atoms with Crippen molar-refractivity contribution in [1.29, 1.82) is 0 Å². The van der Waals surface area contributed by atoms with E-state index in [1.165, 1.54) is 27.2 Å². The third kappa shape index (κ3) is 3.94. The molecular weight excluding hydrogens is 352 g/mol. The molecule has 1 heterocycles. The second-order valence-corrected chi connectivity index (χ2v) is 5.31. The van der Waals surface area contributed by atoms with Crippen LogP contribution >= 0.6 is 15.9 Å². The number of carbonyl (C=O) groups is 1. The molecule has 22 heavy (non-hydrogen) atoms. The van der Waals surface area contributed by atoms with Crippen LogP contribution in [0.2, 0.25) is 0 Å². The van der Waals surface area contributed by atoms with E-state index in [4.69, 9.17) is 14.2 Å². The van der Waals surface area contributed by atoms with Gasteiger partial charge in [0.1, 0.15) is 0 Å². The quantitative estimate of drug-likeness (QED) is 0.782. The number of carbonyl (C=O) groups excluding carboxylic acids is 1. The van der Waals surface area contributed by atoms with Gasteiger partial charge in [-0.05, 0) is 19.1 Å². The molecule has 0 bridgehead atoms. The van der Waals surface area contributed by atoms with E-state index in [1.54, 1.807) is 12.1 Å². The first kappa shape index (κ1) is 16.2. The molecule has 2 aromatic rings. The van der Waals surface area contributed by atoms with Crippen molar-refractivity contribution in [3.63, 3.8) is 0 Å². The van der Waals surface area contributed by atoms with Gasteiger partial charge in [-0.15, -0.1) is 0 Å². The summed E-state index contributed by atoms with van der Waals surface area (Å²) in [5.74, 6) is 0.424. The minimum absolute atomic E-state index is 0.0133. The predicted octanol–water partition coefficient (Wildman–Crippen LogP) is 2.97. The van der Waals surface area contributed by atoms with Gasteiger partial charge in [0.25, 0.3) is 0 Å². The Balaban J connectivity index is 2.32. The summed E-state index contributed by atoms with van der Waals surface area (Å²) < 4.78 is 16.7. The SMILES string of the molecule is COc1cc(OC)nc(OC(C(C)=O)c2ccc(Br)cc2)n1. The first-order valence-corrected chi connectivity index (χ1v) is 7.22. The maximum Gasteiger partial charge on any atom is 0.324 e. The lowest BCUT2D eigenvalue weighted by Gasteiger charge is -2.16. The molecule has 0 spiro atoms. The average molecular weight is 367 g/mol. The lowest BCUT2D eigenvalue weighted by molar-refractivity contribution is -0.124. The summed E-state index contributed by atoms with van der Waals surface area (Å²) in [5.41, 5.74) is 0.709. The topological polar surface area (TPSA) is 70.5 Å². The largest absolute Gasteiger partial charge is 0.481 e. The summed E-state index contributed by atoms with van der Waals surface area (Å²) in [6, 6.07) is 8.80. The van der Waals surface area contributed by atoms with Crippen molar-refractivity contribution in [3.8, 4) is 17.8 Å². The Morgan fingerprint density at radius 2 is 1.64 bits per heavy atom. The lowest BCUT2D eigenvalue weighted by Crippen LogP contribution is -2.17. The zero-order valence-corrected chi connectivity index (χ0v) is 14.0. The molecule has 6 nitrogen and oxygen atoms in total. The zero-order chi connectivity index (χ0) is 16.1. The van der Waals surface area contributed by atoms with Gasteiger partial charge in [-0.1, -0.05) is 28.1 Å². The lowest BCUT2D eigenvalue weighted by atomic mass is 10.1. The molecule has 0 saturated heterocycles. The number of nitrogens with zero attached hydrogens (tertiary/aromatic N) is 2. The van der Waals surface area contributed by atoms with Crippen molar-refractivity contribution in [2.45, 2.75) is 13.0 Å². The highest BCUT2D eigenvalue weighted by atomic mass is 79.9. The highest BCUT2D eigenvalue weighted by molar-refractivity contribution is 9.10.